The molecule has 0 atom stereocenters. The Morgan fingerprint density at radius 1 is 1.29 bits per heavy atom. The molecular weight excluding hydrogens is 382 g/mol. The van der Waals surface area contributed by atoms with Crippen LogP contribution in [0, 0.1) is 10.1 Å². The van der Waals surface area contributed by atoms with Gasteiger partial charge in [0.2, 0.25) is 5.91 Å². The molecule has 0 aliphatic rings. The Morgan fingerprint density at radius 2 is 2.07 bits per heavy atom. The fraction of sp³-hybridized carbons (Fsp3) is 0.167. The van der Waals surface area contributed by atoms with E-state index in [1.807, 2.05) is 30.3 Å². The predicted molar refractivity (Wildman–Crippen MR) is 105 cm³/mol. The molecule has 0 bridgehead atoms. The molecule has 3 aromatic rings. The van der Waals surface area contributed by atoms with Crippen molar-refractivity contribution in [2.75, 3.05) is 17.7 Å². The quantitative estimate of drug-likeness (QED) is 0.351. The average molecular weight is 399 g/mol. The third kappa shape index (κ3) is 4.65. The zero-order valence-corrected chi connectivity index (χ0v) is 15.8. The lowest BCUT2D eigenvalue weighted by atomic mass is 10.2. The standard InChI is InChI=1S/C18H17N5O4S/c1-2-27-14-8-9-15(16(10-14)23(25)26)21-17(24)11-28-18-19-12-20-22(18)13-6-4-3-5-7-13/h3-10,12H,2,11H2,1H3,(H,21,24). The van der Waals surface area contributed by atoms with Gasteiger partial charge in [0.15, 0.2) is 5.16 Å². The summed E-state index contributed by atoms with van der Waals surface area (Å²) in [4.78, 5) is 27.2. The van der Waals surface area contributed by atoms with Crippen LogP contribution < -0.4 is 10.1 Å². The van der Waals surface area contributed by atoms with E-state index in [2.05, 4.69) is 15.4 Å². The number of nitro benzene ring substituents is 1. The van der Waals surface area contributed by atoms with Crippen molar-refractivity contribution in [2.24, 2.45) is 0 Å². The van der Waals surface area contributed by atoms with Crippen molar-refractivity contribution in [2.45, 2.75) is 12.1 Å². The summed E-state index contributed by atoms with van der Waals surface area (Å²) in [5, 5.41) is 18.6. The van der Waals surface area contributed by atoms with Gasteiger partial charge in [-0.05, 0) is 31.2 Å². The fourth-order valence-corrected chi connectivity index (χ4v) is 3.15. The first-order valence-corrected chi connectivity index (χ1v) is 9.36. The number of thioether (sulfide) groups is 1. The zero-order chi connectivity index (χ0) is 19.9. The molecule has 0 spiro atoms. The van der Waals surface area contributed by atoms with E-state index in [4.69, 9.17) is 4.74 Å². The Labute approximate surface area is 164 Å². The number of ether oxygens (including phenoxy) is 1. The lowest BCUT2D eigenvalue weighted by Crippen LogP contribution is -2.15. The SMILES string of the molecule is CCOc1ccc(NC(=O)CSc2ncnn2-c2ccccc2)c([N+](=O)[O-])c1. The topological polar surface area (TPSA) is 112 Å². The van der Waals surface area contributed by atoms with Crippen molar-refractivity contribution in [1.82, 2.24) is 14.8 Å². The molecule has 0 saturated heterocycles. The van der Waals surface area contributed by atoms with Crippen LogP contribution >= 0.6 is 11.8 Å². The third-order valence-corrected chi connectivity index (χ3v) is 4.54. The second-order valence-corrected chi connectivity index (χ2v) is 6.44. The molecule has 2 aromatic carbocycles. The third-order valence-electron chi connectivity index (χ3n) is 3.60. The van der Waals surface area contributed by atoms with Crippen molar-refractivity contribution >= 4 is 29.0 Å². The van der Waals surface area contributed by atoms with Crippen LogP contribution in [-0.2, 0) is 4.79 Å². The number of rotatable bonds is 8. The maximum Gasteiger partial charge on any atom is 0.296 e. The highest BCUT2D eigenvalue weighted by atomic mass is 32.2. The summed E-state index contributed by atoms with van der Waals surface area (Å²) in [6.45, 7) is 2.18. The first-order chi connectivity index (χ1) is 13.6. The Bertz CT molecular complexity index is 977. The van der Waals surface area contributed by atoms with Crippen LogP contribution in [0.4, 0.5) is 11.4 Å². The fourth-order valence-electron chi connectivity index (χ4n) is 2.42. The Hall–Kier alpha value is -3.40. The molecule has 9 nitrogen and oxygen atoms in total. The first-order valence-electron chi connectivity index (χ1n) is 8.38. The van der Waals surface area contributed by atoms with Gasteiger partial charge in [-0.3, -0.25) is 14.9 Å². The van der Waals surface area contributed by atoms with Crippen molar-refractivity contribution in [3.63, 3.8) is 0 Å². The summed E-state index contributed by atoms with van der Waals surface area (Å²) in [5.41, 5.74) is 0.713. The Morgan fingerprint density at radius 3 is 2.79 bits per heavy atom. The first kappa shape index (κ1) is 19.4. The van der Waals surface area contributed by atoms with Gasteiger partial charge in [0, 0.05) is 0 Å². The number of para-hydroxylation sites is 1. The van der Waals surface area contributed by atoms with Crippen molar-refractivity contribution in [1.29, 1.82) is 0 Å². The molecule has 1 N–H and O–H groups in total. The minimum absolute atomic E-state index is 0.0237. The number of nitro groups is 1. The highest BCUT2D eigenvalue weighted by Crippen LogP contribution is 2.29. The van der Waals surface area contributed by atoms with E-state index in [-0.39, 0.29) is 23.0 Å². The van der Waals surface area contributed by atoms with Crippen LogP contribution in [0.2, 0.25) is 0 Å². The number of amides is 1. The molecule has 0 fully saturated rings. The zero-order valence-electron chi connectivity index (χ0n) is 14.9. The number of aromatic nitrogens is 3. The number of benzene rings is 2. The van der Waals surface area contributed by atoms with Crippen LogP contribution in [0.15, 0.2) is 60.0 Å². The van der Waals surface area contributed by atoms with E-state index in [0.717, 1.165) is 5.69 Å². The van der Waals surface area contributed by atoms with Crippen LogP contribution in [0.5, 0.6) is 5.75 Å². The van der Waals surface area contributed by atoms with E-state index < -0.39 is 4.92 Å². The minimum Gasteiger partial charge on any atom is -0.494 e. The molecule has 28 heavy (non-hydrogen) atoms. The van der Waals surface area contributed by atoms with Crippen LogP contribution in [0.3, 0.4) is 0 Å². The van der Waals surface area contributed by atoms with Crippen molar-refractivity contribution in [3.05, 3.63) is 65.0 Å². The molecule has 1 aromatic heterocycles. The number of carbonyl (C=O) groups excluding carboxylic acids is 1. The lowest BCUT2D eigenvalue weighted by Gasteiger charge is -2.08. The number of hydrogen-bond donors (Lipinski definition) is 1. The smallest absolute Gasteiger partial charge is 0.296 e. The molecule has 0 aliphatic carbocycles. The van der Waals surface area contributed by atoms with Crippen molar-refractivity contribution < 1.29 is 14.5 Å². The van der Waals surface area contributed by atoms with Crippen LogP contribution in [-0.4, -0.2) is 38.0 Å². The number of nitrogens with one attached hydrogen (secondary N) is 1. The van der Waals surface area contributed by atoms with Gasteiger partial charge < -0.3 is 10.1 Å². The summed E-state index contributed by atoms with van der Waals surface area (Å²) >= 11 is 1.18. The van der Waals surface area contributed by atoms with E-state index in [1.54, 1.807) is 17.7 Å². The molecule has 1 heterocycles. The average Bonchev–Trinajstić information content (AvgIpc) is 3.17. The summed E-state index contributed by atoms with van der Waals surface area (Å²) in [5.74, 6) is 0.00741. The number of hydrogen-bond acceptors (Lipinski definition) is 7. The van der Waals surface area contributed by atoms with Gasteiger partial charge in [-0.25, -0.2) is 9.67 Å². The van der Waals surface area contributed by atoms with Gasteiger partial charge in [-0.15, -0.1) is 0 Å². The highest BCUT2D eigenvalue weighted by molar-refractivity contribution is 7.99. The van der Waals surface area contributed by atoms with E-state index >= 15 is 0 Å². The van der Waals surface area contributed by atoms with Crippen LogP contribution in [0.25, 0.3) is 5.69 Å². The van der Waals surface area contributed by atoms with E-state index in [9.17, 15) is 14.9 Å². The number of carbonyl (C=O) groups is 1. The largest absolute Gasteiger partial charge is 0.494 e. The van der Waals surface area contributed by atoms with E-state index in [0.29, 0.717) is 17.5 Å². The monoisotopic (exact) mass is 399 g/mol. The molecule has 0 unspecified atom stereocenters. The highest BCUT2D eigenvalue weighted by Gasteiger charge is 2.18. The second kappa shape index (κ2) is 9.00. The molecule has 3 rings (SSSR count). The second-order valence-electron chi connectivity index (χ2n) is 5.50. The summed E-state index contributed by atoms with van der Waals surface area (Å²) in [6, 6.07) is 13.7. The van der Waals surface area contributed by atoms with Gasteiger partial charge in [0.1, 0.15) is 17.8 Å². The van der Waals surface area contributed by atoms with Gasteiger partial charge >= 0.3 is 0 Å². The maximum absolute atomic E-state index is 12.3. The van der Waals surface area contributed by atoms with Crippen LogP contribution in [0.1, 0.15) is 6.92 Å². The lowest BCUT2D eigenvalue weighted by molar-refractivity contribution is -0.384. The maximum atomic E-state index is 12.3. The summed E-state index contributed by atoms with van der Waals surface area (Å²) in [7, 11) is 0. The Kier molecular flexibility index (Phi) is 6.22. The summed E-state index contributed by atoms with van der Waals surface area (Å²) < 4.78 is 6.89. The molecule has 10 heteroatoms. The number of anilines is 1. The molecular formula is C18H17N5O4S. The molecule has 0 saturated carbocycles. The number of nitrogens with zero attached hydrogens (tertiary/aromatic N) is 4. The minimum atomic E-state index is -0.558. The molecule has 144 valence electrons. The normalized spacial score (nSPS) is 10.5. The van der Waals surface area contributed by atoms with Crippen molar-refractivity contribution in [3.8, 4) is 11.4 Å². The van der Waals surface area contributed by atoms with Gasteiger partial charge in [-0.1, -0.05) is 30.0 Å². The molecule has 0 aliphatic heterocycles. The molecule has 0 radical (unpaired) electrons. The van der Waals surface area contributed by atoms with E-state index in [1.165, 1.54) is 30.2 Å². The molecule has 1 amide bonds. The van der Waals surface area contributed by atoms with Gasteiger partial charge in [0.25, 0.3) is 5.69 Å². The predicted octanol–water partition coefficient (Wildman–Crippen LogP) is 3.31. The Balaban J connectivity index is 1.67. The van der Waals surface area contributed by atoms with Gasteiger partial charge in [0.05, 0.1) is 29.0 Å². The van der Waals surface area contributed by atoms with Gasteiger partial charge in [-0.2, -0.15) is 5.10 Å². The summed E-state index contributed by atoms with van der Waals surface area (Å²) in [6.07, 6.45) is 1.41.